The number of aryl methyl sites for hydroxylation is 1. The number of benzene rings is 1. The summed E-state index contributed by atoms with van der Waals surface area (Å²) in [6.07, 6.45) is 6.25. The molecule has 0 saturated carbocycles. The van der Waals surface area contributed by atoms with Crippen molar-refractivity contribution in [3.63, 3.8) is 0 Å². The Labute approximate surface area is 89.0 Å². The second-order valence-corrected chi connectivity index (χ2v) is 3.80. The molecule has 0 amide bonds. The predicted octanol–water partition coefficient (Wildman–Crippen LogP) is 3.19. The first kappa shape index (κ1) is 11.4. The van der Waals surface area contributed by atoms with E-state index in [1.165, 1.54) is 43.0 Å². The topological polar surface area (TPSA) is 0 Å². The summed E-state index contributed by atoms with van der Waals surface area (Å²) >= 11 is 0. The highest BCUT2D eigenvalue weighted by atomic mass is 14.0. The minimum atomic E-state index is 1.20. The summed E-state index contributed by atoms with van der Waals surface area (Å²) in [5, 5.41) is 0. The van der Waals surface area contributed by atoms with Gasteiger partial charge in [0.05, 0.1) is 0 Å². The van der Waals surface area contributed by atoms with Crippen molar-refractivity contribution >= 4 is 12.7 Å². The minimum Gasteiger partial charge on any atom is -0.0847 e. The van der Waals surface area contributed by atoms with E-state index < -0.39 is 0 Å². The van der Waals surface area contributed by atoms with Crippen LogP contribution >= 0.6 is 0 Å². The highest BCUT2D eigenvalue weighted by molar-refractivity contribution is 6.53. The molecule has 0 fully saturated rings. The van der Waals surface area contributed by atoms with Crippen LogP contribution in [0.1, 0.15) is 38.7 Å². The molecular weight excluding hydrogens is 167 g/mol. The third-order valence-corrected chi connectivity index (χ3v) is 2.51. The Hall–Kier alpha value is -0.715. The Balaban J connectivity index is 2.60. The van der Waals surface area contributed by atoms with Crippen molar-refractivity contribution in [1.29, 1.82) is 0 Å². The summed E-state index contributed by atoms with van der Waals surface area (Å²) in [6.45, 7) is 4.48. The highest BCUT2D eigenvalue weighted by Gasteiger charge is 2.01. The van der Waals surface area contributed by atoms with Gasteiger partial charge in [-0.05, 0) is 12.8 Å². The van der Waals surface area contributed by atoms with Crippen molar-refractivity contribution in [2.24, 2.45) is 0 Å². The van der Waals surface area contributed by atoms with Gasteiger partial charge in [-0.1, -0.05) is 68.3 Å². The monoisotopic (exact) mass is 187 g/mol. The Kier molecular flexibility index (Phi) is 5.43. The van der Waals surface area contributed by atoms with Gasteiger partial charge in [-0.25, -0.2) is 0 Å². The van der Waals surface area contributed by atoms with E-state index in [1.807, 2.05) is 0 Å². The van der Waals surface area contributed by atoms with E-state index >= 15 is 0 Å². The highest BCUT2D eigenvalue weighted by Crippen LogP contribution is 2.03. The van der Waals surface area contributed by atoms with E-state index in [-0.39, 0.29) is 0 Å². The molecule has 0 nitrogen and oxygen atoms in total. The van der Waals surface area contributed by atoms with Crippen LogP contribution in [0.2, 0.25) is 6.32 Å². The molecular formula is C13H20B. The van der Waals surface area contributed by atoms with Gasteiger partial charge >= 0.3 is 0 Å². The predicted molar refractivity (Wildman–Crippen MR) is 65.5 cm³/mol. The summed E-state index contributed by atoms with van der Waals surface area (Å²) in [4.78, 5) is 0. The average Bonchev–Trinajstić information content (AvgIpc) is 2.24. The summed E-state index contributed by atoms with van der Waals surface area (Å²) < 4.78 is 0. The molecule has 0 atom stereocenters. The first-order valence-corrected chi connectivity index (χ1v) is 5.79. The molecule has 0 aliphatic rings. The van der Waals surface area contributed by atoms with Gasteiger partial charge in [-0.3, -0.25) is 0 Å². The lowest BCUT2D eigenvalue weighted by atomic mass is 9.64. The van der Waals surface area contributed by atoms with Crippen molar-refractivity contribution in [1.82, 2.24) is 0 Å². The molecule has 1 aromatic rings. The molecule has 14 heavy (non-hydrogen) atoms. The van der Waals surface area contributed by atoms with Crippen LogP contribution in [0.5, 0.6) is 0 Å². The lowest BCUT2D eigenvalue weighted by molar-refractivity contribution is 0.797. The molecule has 0 aliphatic carbocycles. The normalized spacial score (nSPS) is 10.1. The number of rotatable bonds is 6. The molecule has 0 heterocycles. The fourth-order valence-electron chi connectivity index (χ4n) is 1.63. The smallest absolute Gasteiger partial charge is 0.0847 e. The molecule has 0 aromatic heterocycles. The lowest BCUT2D eigenvalue weighted by Gasteiger charge is -2.07. The number of hydrogen-bond donors (Lipinski definition) is 0. The average molecular weight is 187 g/mol. The summed E-state index contributed by atoms with van der Waals surface area (Å²) in [7, 11) is 2.37. The van der Waals surface area contributed by atoms with Gasteiger partial charge in [0.2, 0.25) is 0 Å². The van der Waals surface area contributed by atoms with Gasteiger partial charge in [0, 0.05) is 0 Å². The van der Waals surface area contributed by atoms with E-state index in [2.05, 4.69) is 45.4 Å². The van der Waals surface area contributed by atoms with Crippen LogP contribution in [0.25, 0.3) is 0 Å². The fourth-order valence-corrected chi connectivity index (χ4v) is 1.63. The third kappa shape index (κ3) is 3.57. The van der Waals surface area contributed by atoms with Crippen LogP contribution in [0.3, 0.4) is 0 Å². The molecule has 1 radical (unpaired) electrons. The standard InChI is InChI=1S/C13H20B/c1-3-5-8-12-9-6-7-10-13(12)14-11-4-2/h6-7,9-10H,3-5,8,11H2,1-2H3. The Morgan fingerprint density at radius 1 is 1.07 bits per heavy atom. The zero-order valence-corrected chi connectivity index (χ0v) is 9.42. The number of unbranched alkanes of at least 4 members (excludes halogenated alkanes) is 1. The Morgan fingerprint density at radius 3 is 2.57 bits per heavy atom. The second-order valence-electron chi connectivity index (χ2n) is 3.80. The van der Waals surface area contributed by atoms with Crippen molar-refractivity contribution in [3.8, 4) is 0 Å². The minimum absolute atomic E-state index is 1.20. The molecule has 0 N–H and O–H groups in total. The van der Waals surface area contributed by atoms with Gasteiger partial charge in [0.25, 0.3) is 0 Å². The van der Waals surface area contributed by atoms with Crippen LogP contribution in [0.4, 0.5) is 0 Å². The molecule has 0 spiro atoms. The fraction of sp³-hybridized carbons (Fsp3) is 0.538. The summed E-state index contributed by atoms with van der Waals surface area (Å²) in [5.41, 5.74) is 2.96. The Morgan fingerprint density at radius 2 is 1.86 bits per heavy atom. The zero-order valence-electron chi connectivity index (χ0n) is 9.42. The van der Waals surface area contributed by atoms with Gasteiger partial charge in [0.15, 0.2) is 7.28 Å². The van der Waals surface area contributed by atoms with E-state index in [9.17, 15) is 0 Å². The van der Waals surface area contributed by atoms with E-state index in [0.29, 0.717) is 0 Å². The molecule has 1 aromatic carbocycles. The first-order chi connectivity index (χ1) is 6.88. The summed E-state index contributed by atoms with van der Waals surface area (Å²) in [5.74, 6) is 0. The maximum Gasteiger partial charge on any atom is 0.151 e. The zero-order chi connectivity index (χ0) is 10.2. The van der Waals surface area contributed by atoms with Crippen LogP contribution in [-0.4, -0.2) is 7.28 Å². The molecule has 1 heteroatoms. The SMILES string of the molecule is CCC[B]c1ccccc1CCCC. The van der Waals surface area contributed by atoms with Gasteiger partial charge in [-0.2, -0.15) is 0 Å². The lowest BCUT2D eigenvalue weighted by Crippen LogP contribution is -2.18. The van der Waals surface area contributed by atoms with Crippen molar-refractivity contribution in [2.75, 3.05) is 0 Å². The van der Waals surface area contributed by atoms with E-state index in [4.69, 9.17) is 0 Å². The molecule has 0 unspecified atom stereocenters. The molecule has 1 rings (SSSR count). The first-order valence-electron chi connectivity index (χ1n) is 5.79. The number of hydrogen-bond acceptors (Lipinski definition) is 0. The van der Waals surface area contributed by atoms with Gasteiger partial charge in [0.1, 0.15) is 0 Å². The van der Waals surface area contributed by atoms with Gasteiger partial charge in [-0.15, -0.1) is 0 Å². The van der Waals surface area contributed by atoms with Crippen LogP contribution < -0.4 is 5.46 Å². The third-order valence-electron chi connectivity index (χ3n) is 2.51. The van der Waals surface area contributed by atoms with Crippen molar-refractivity contribution in [3.05, 3.63) is 29.8 Å². The quantitative estimate of drug-likeness (QED) is 0.600. The van der Waals surface area contributed by atoms with E-state index in [1.54, 1.807) is 0 Å². The summed E-state index contributed by atoms with van der Waals surface area (Å²) in [6, 6.07) is 8.78. The maximum absolute atomic E-state index is 2.37. The van der Waals surface area contributed by atoms with Crippen LogP contribution in [0.15, 0.2) is 24.3 Å². The van der Waals surface area contributed by atoms with Gasteiger partial charge < -0.3 is 0 Å². The largest absolute Gasteiger partial charge is 0.151 e. The van der Waals surface area contributed by atoms with Crippen molar-refractivity contribution < 1.29 is 0 Å². The Bertz CT molecular complexity index is 228. The molecule has 0 saturated heterocycles. The van der Waals surface area contributed by atoms with Crippen molar-refractivity contribution in [2.45, 2.75) is 45.9 Å². The molecule has 0 aliphatic heterocycles. The molecule has 75 valence electrons. The molecule has 0 bridgehead atoms. The van der Waals surface area contributed by atoms with E-state index in [0.717, 1.165) is 0 Å². The van der Waals surface area contributed by atoms with Crippen LogP contribution in [-0.2, 0) is 6.42 Å². The second kappa shape index (κ2) is 6.70. The maximum atomic E-state index is 2.37. The van der Waals surface area contributed by atoms with Crippen LogP contribution in [0, 0.1) is 0 Å².